The van der Waals surface area contributed by atoms with E-state index in [1.165, 1.54) is 23.3 Å². The van der Waals surface area contributed by atoms with Crippen LogP contribution in [-0.2, 0) is 13.0 Å². The molecule has 0 saturated carbocycles. The molecule has 5 aromatic rings. The maximum Gasteiger partial charge on any atom is 0.250 e. The fourth-order valence-electron chi connectivity index (χ4n) is 6.18. The number of methoxy groups -OCH3 is 1. The Hall–Kier alpha value is -4.11. The molecule has 6 nitrogen and oxygen atoms in total. The third-order valence-corrected chi connectivity index (χ3v) is 9.27. The van der Waals surface area contributed by atoms with Crippen molar-refractivity contribution in [3.8, 4) is 39.4 Å². The standard InChI is InChI=1S/C34H31FN4O2S/c1-3-13-38-19-26(20-38)39-18-24(6-9-30(39)40)33-31(27-8-7-25(35)16-29(27)41-2)34-28(11-14-42-34)32(37-33)22-4-5-23-17-36-12-10-21(23)15-22/h3-9,11,14-16,18,26,36H,1,10,12-13,17,19-20H2,2H3. The smallest absolute Gasteiger partial charge is 0.250 e. The van der Waals surface area contributed by atoms with Gasteiger partial charge in [-0.25, -0.2) is 9.37 Å². The predicted molar refractivity (Wildman–Crippen MR) is 168 cm³/mol. The second kappa shape index (κ2) is 10.9. The van der Waals surface area contributed by atoms with Crippen molar-refractivity contribution >= 4 is 21.4 Å². The van der Waals surface area contributed by atoms with E-state index in [0.717, 1.165) is 82.9 Å². The second-order valence-electron chi connectivity index (χ2n) is 10.9. The van der Waals surface area contributed by atoms with Gasteiger partial charge in [-0.2, -0.15) is 0 Å². The molecule has 42 heavy (non-hydrogen) atoms. The number of thiophene rings is 1. The van der Waals surface area contributed by atoms with Gasteiger partial charge in [0.15, 0.2) is 0 Å². The summed E-state index contributed by atoms with van der Waals surface area (Å²) in [7, 11) is 1.55. The summed E-state index contributed by atoms with van der Waals surface area (Å²) in [5.74, 6) is 0.0736. The number of ether oxygens (including phenoxy) is 1. The number of nitrogens with zero attached hydrogens (tertiary/aromatic N) is 3. The van der Waals surface area contributed by atoms with Gasteiger partial charge < -0.3 is 14.6 Å². The Kier molecular flexibility index (Phi) is 6.98. The zero-order valence-electron chi connectivity index (χ0n) is 23.4. The number of aromatic nitrogens is 2. The van der Waals surface area contributed by atoms with Gasteiger partial charge in [-0.15, -0.1) is 17.9 Å². The van der Waals surface area contributed by atoms with Crippen molar-refractivity contribution < 1.29 is 9.13 Å². The lowest BCUT2D eigenvalue weighted by molar-refractivity contribution is 0.119. The van der Waals surface area contributed by atoms with Crippen molar-refractivity contribution in [1.29, 1.82) is 0 Å². The van der Waals surface area contributed by atoms with E-state index in [2.05, 4.69) is 46.4 Å². The third kappa shape index (κ3) is 4.65. The fourth-order valence-corrected chi connectivity index (χ4v) is 7.14. The molecule has 1 fully saturated rings. The van der Waals surface area contributed by atoms with E-state index in [-0.39, 0.29) is 17.4 Å². The average Bonchev–Trinajstić information content (AvgIpc) is 3.48. The van der Waals surface area contributed by atoms with Crippen LogP contribution < -0.4 is 15.6 Å². The first-order valence-electron chi connectivity index (χ1n) is 14.2. The molecule has 0 bridgehead atoms. The monoisotopic (exact) mass is 578 g/mol. The summed E-state index contributed by atoms with van der Waals surface area (Å²) >= 11 is 1.63. The number of fused-ring (bicyclic) bond motifs is 2. The van der Waals surface area contributed by atoms with Gasteiger partial charge in [0.2, 0.25) is 0 Å². The molecule has 3 aromatic heterocycles. The minimum absolute atomic E-state index is 0.0383. The van der Waals surface area contributed by atoms with Gasteiger partial charge in [-0.05, 0) is 59.8 Å². The maximum atomic E-state index is 14.3. The third-order valence-electron chi connectivity index (χ3n) is 8.34. The molecule has 0 spiro atoms. The fraction of sp³-hybridized carbons (Fsp3) is 0.235. The molecule has 8 heteroatoms. The first kappa shape index (κ1) is 26.8. The number of pyridine rings is 2. The van der Waals surface area contributed by atoms with Crippen LogP contribution in [0.1, 0.15) is 17.2 Å². The summed E-state index contributed by atoms with van der Waals surface area (Å²) in [6, 6.07) is 16.9. The molecule has 0 amide bonds. The molecule has 2 aromatic carbocycles. The van der Waals surface area contributed by atoms with E-state index in [4.69, 9.17) is 9.72 Å². The average molecular weight is 579 g/mol. The molecular formula is C34H31FN4O2S. The molecule has 212 valence electrons. The van der Waals surface area contributed by atoms with Crippen LogP contribution in [0.15, 0.2) is 83.6 Å². The Balaban J connectivity index is 1.46. The molecule has 2 aliphatic rings. The highest BCUT2D eigenvalue weighted by atomic mass is 32.1. The van der Waals surface area contributed by atoms with Crippen molar-refractivity contribution in [2.24, 2.45) is 0 Å². The molecule has 1 saturated heterocycles. The number of halogens is 1. The SMILES string of the molecule is C=CCN1CC(n2cc(-c3nc(-c4ccc5c(c4)CCNC5)c4ccsc4c3-c3ccc(F)cc3OC)ccc2=O)C1. The Labute approximate surface area is 247 Å². The van der Waals surface area contributed by atoms with E-state index in [0.29, 0.717) is 5.75 Å². The molecule has 5 heterocycles. The molecule has 0 unspecified atom stereocenters. The van der Waals surface area contributed by atoms with Crippen LogP contribution in [0.4, 0.5) is 4.39 Å². The summed E-state index contributed by atoms with van der Waals surface area (Å²) in [4.78, 5) is 20.6. The highest BCUT2D eigenvalue weighted by molar-refractivity contribution is 7.18. The first-order chi connectivity index (χ1) is 20.5. The molecule has 7 rings (SSSR count). The number of hydrogen-bond acceptors (Lipinski definition) is 6. The summed E-state index contributed by atoms with van der Waals surface area (Å²) < 4.78 is 22.9. The minimum atomic E-state index is -0.365. The van der Waals surface area contributed by atoms with Gasteiger partial charge in [-0.1, -0.05) is 18.2 Å². The van der Waals surface area contributed by atoms with Crippen LogP contribution in [0.25, 0.3) is 43.7 Å². The van der Waals surface area contributed by atoms with Crippen molar-refractivity contribution in [2.45, 2.75) is 19.0 Å². The summed E-state index contributed by atoms with van der Waals surface area (Å²) in [5.41, 5.74) is 7.77. The van der Waals surface area contributed by atoms with E-state index < -0.39 is 0 Å². The lowest BCUT2D eigenvalue weighted by atomic mass is 9.93. The minimum Gasteiger partial charge on any atom is -0.496 e. The van der Waals surface area contributed by atoms with Crippen molar-refractivity contribution in [1.82, 2.24) is 19.8 Å². The normalized spacial score (nSPS) is 15.4. The van der Waals surface area contributed by atoms with Crippen molar-refractivity contribution in [3.63, 3.8) is 0 Å². The molecule has 1 N–H and O–H groups in total. The van der Waals surface area contributed by atoms with E-state index in [1.54, 1.807) is 30.6 Å². The van der Waals surface area contributed by atoms with E-state index in [9.17, 15) is 9.18 Å². The molecule has 2 aliphatic heterocycles. The second-order valence-corrected chi connectivity index (χ2v) is 11.8. The van der Waals surface area contributed by atoms with Gasteiger partial charge in [0.25, 0.3) is 5.56 Å². The quantitative estimate of drug-likeness (QED) is 0.230. The number of likely N-dealkylation sites (tertiary alicyclic amines) is 1. The zero-order valence-corrected chi connectivity index (χ0v) is 24.2. The Bertz CT molecular complexity index is 1890. The van der Waals surface area contributed by atoms with Gasteiger partial charge in [-0.3, -0.25) is 9.69 Å². The zero-order chi connectivity index (χ0) is 28.8. The summed E-state index contributed by atoms with van der Waals surface area (Å²) in [6.07, 6.45) is 4.79. The Morgan fingerprint density at radius 2 is 1.95 bits per heavy atom. The van der Waals surface area contributed by atoms with Crippen LogP contribution in [0.5, 0.6) is 5.75 Å². The van der Waals surface area contributed by atoms with Gasteiger partial charge in [0, 0.05) is 76.8 Å². The van der Waals surface area contributed by atoms with E-state index >= 15 is 0 Å². The highest BCUT2D eigenvalue weighted by Crippen LogP contribution is 2.46. The largest absolute Gasteiger partial charge is 0.496 e. The predicted octanol–water partition coefficient (Wildman–Crippen LogP) is 6.30. The molecular weight excluding hydrogens is 547 g/mol. The van der Waals surface area contributed by atoms with Crippen LogP contribution in [-0.4, -0.2) is 47.7 Å². The Morgan fingerprint density at radius 1 is 1.10 bits per heavy atom. The molecule has 0 aliphatic carbocycles. The Morgan fingerprint density at radius 3 is 2.79 bits per heavy atom. The number of hydrogen-bond donors (Lipinski definition) is 1. The van der Waals surface area contributed by atoms with Crippen molar-refractivity contribution in [2.75, 3.05) is 33.3 Å². The molecule has 0 radical (unpaired) electrons. The highest BCUT2D eigenvalue weighted by Gasteiger charge is 2.29. The lowest BCUT2D eigenvalue weighted by Gasteiger charge is -2.39. The van der Waals surface area contributed by atoms with Crippen LogP contribution in [0.3, 0.4) is 0 Å². The van der Waals surface area contributed by atoms with Gasteiger partial charge >= 0.3 is 0 Å². The maximum absolute atomic E-state index is 14.3. The number of nitrogens with one attached hydrogen (secondary N) is 1. The van der Waals surface area contributed by atoms with Crippen LogP contribution in [0.2, 0.25) is 0 Å². The first-order valence-corrected chi connectivity index (χ1v) is 15.1. The summed E-state index contributed by atoms with van der Waals surface area (Å²) in [6.45, 7) is 8.05. The number of rotatable bonds is 7. The van der Waals surface area contributed by atoms with Gasteiger partial charge in [0.1, 0.15) is 11.6 Å². The number of benzene rings is 2. The molecule has 0 atom stereocenters. The lowest BCUT2D eigenvalue weighted by Crippen LogP contribution is -2.49. The van der Waals surface area contributed by atoms with E-state index in [1.807, 2.05) is 22.9 Å². The van der Waals surface area contributed by atoms with Crippen molar-refractivity contribution in [3.05, 3.63) is 106 Å². The van der Waals surface area contributed by atoms with Crippen LogP contribution in [0, 0.1) is 5.82 Å². The summed E-state index contributed by atoms with van der Waals surface area (Å²) in [5, 5.41) is 6.55. The van der Waals surface area contributed by atoms with Crippen LogP contribution >= 0.6 is 11.3 Å². The van der Waals surface area contributed by atoms with Gasteiger partial charge in [0.05, 0.1) is 24.5 Å². The topological polar surface area (TPSA) is 59.4 Å².